The van der Waals surface area contributed by atoms with E-state index in [9.17, 15) is 4.79 Å². The van der Waals surface area contributed by atoms with E-state index in [-0.39, 0.29) is 5.91 Å². The summed E-state index contributed by atoms with van der Waals surface area (Å²) in [6, 6.07) is 25.9. The van der Waals surface area contributed by atoms with Crippen LogP contribution in [0.1, 0.15) is 22.8 Å². The fraction of sp³-hybridized carbons (Fsp3) is 0.174. The Bertz CT molecular complexity index is 845. The van der Waals surface area contributed by atoms with Crippen LogP contribution in [-0.2, 0) is 6.42 Å². The lowest BCUT2D eigenvalue weighted by molar-refractivity contribution is 0.0956. The highest BCUT2D eigenvalue weighted by Gasteiger charge is 2.13. The number of carbonyl (C=O) groups excluding carboxylic acids is 1. The minimum absolute atomic E-state index is 0.0835. The van der Waals surface area contributed by atoms with Crippen molar-refractivity contribution in [2.24, 2.45) is 0 Å². The lowest BCUT2D eigenvalue weighted by Gasteiger charge is -2.13. The van der Waals surface area contributed by atoms with Gasteiger partial charge in [0.05, 0.1) is 12.2 Å². The largest absolute Gasteiger partial charge is 0.493 e. The minimum Gasteiger partial charge on any atom is -0.493 e. The van der Waals surface area contributed by atoms with Crippen molar-refractivity contribution in [3.8, 4) is 16.9 Å². The van der Waals surface area contributed by atoms with Gasteiger partial charge in [0.25, 0.3) is 5.91 Å². The summed E-state index contributed by atoms with van der Waals surface area (Å²) in [7, 11) is 0. The summed E-state index contributed by atoms with van der Waals surface area (Å²) in [5, 5.41) is 2.89. The van der Waals surface area contributed by atoms with Gasteiger partial charge in [-0.2, -0.15) is 0 Å². The molecule has 0 heterocycles. The van der Waals surface area contributed by atoms with Crippen LogP contribution < -0.4 is 10.1 Å². The zero-order chi connectivity index (χ0) is 18.2. The monoisotopic (exact) mass is 345 g/mol. The summed E-state index contributed by atoms with van der Waals surface area (Å²) in [4.78, 5) is 12.5. The average molecular weight is 345 g/mol. The Morgan fingerprint density at radius 1 is 0.923 bits per heavy atom. The van der Waals surface area contributed by atoms with E-state index >= 15 is 0 Å². The number of benzene rings is 3. The highest BCUT2D eigenvalue weighted by molar-refractivity contribution is 6.01. The molecule has 0 aromatic heterocycles. The lowest BCUT2D eigenvalue weighted by atomic mass is 9.99. The molecule has 3 heteroatoms. The van der Waals surface area contributed by atoms with Gasteiger partial charge in [-0.1, -0.05) is 60.7 Å². The standard InChI is InChI=1S/C23H23NO2/c1-2-24-23(25)22-17-20(26-16-15-18-9-5-3-6-10-18)13-14-21(22)19-11-7-4-8-12-19/h3-14,17H,2,15-16H2,1H3,(H,24,25). The van der Waals surface area contributed by atoms with Crippen LogP contribution in [0.15, 0.2) is 78.9 Å². The molecule has 0 bridgehead atoms. The summed E-state index contributed by atoms with van der Waals surface area (Å²) < 4.78 is 5.89. The van der Waals surface area contributed by atoms with E-state index in [1.807, 2.05) is 73.7 Å². The molecule has 1 amide bonds. The van der Waals surface area contributed by atoms with Gasteiger partial charge >= 0.3 is 0 Å². The van der Waals surface area contributed by atoms with Crippen LogP contribution >= 0.6 is 0 Å². The molecule has 0 radical (unpaired) electrons. The molecule has 3 aromatic rings. The molecule has 0 spiro atoms. The van der Waals surface area contributed by atoms with Crippen molar-refractivity contribution >= 4 is 5.91 Å². The average Bonchev–Trinajstić information content (AvgIpc) is 2.69. The summed E-state index contributed by atoms with van der Waals surface area (Å²) >= 11 is 0. The van der Waals surface area contributed by atoms with E-state index in [1.54, 1.807) is 0 Å². The molecule has 0 unspecified atom stereocenters. The fourth-order valence-electron chi connectivity index (χ4n) is 2.86. The maximum absolute atomic E-state index is 12.5. The van der Waals surface area contributed by atoms with Crippen molar-refractivity contribution in [2.75, 3.05) is 13.2 Å². The predicted octanol–water partition coefficient (Wildman–Crippen LogP) is 4.72. The van der Waals surface area contributed by atoms with Crippen LogP contribution in [0.2, 0.25) is 0 Å². The zero-order valence-corrected chi connectivity index (χ0v) is 14.9. The molecule has 132 valence electrons. The van der Waals surface area contributed by atoms with Gasteiger partial charge in [-0.25, -0.2) is 0 Å². The second-order valence-electron chi connectivity index (χ2n) is 6.02. The number of rotatable bonds is 7. The van der Waals surface area contributed by atoms with E-state index in [2.05, 4.69) is 17.4 Å². The molecule has 0 aliphatic carbocycles. The number of amides is 1. The van der Waals surface area contributed by atoms with Crippen LogP contribution in [0.5, 0.6) is 5.75 Å². The Balaban J connectivity index is 1.79. The van der Waals surface area contributed by atoms with Gasteiger partial charge in [-0.3, -0.25) is 4.79 Å². The number of hydrogen-bond acceptors (Lipinski definition) is 2. The van der Waals surface area contributed by atoms with E-state index in [0.29, 0.717) is 24.5 Å². The Hall–Kier alpha value is -3.07. The third-order valence-electron chi connectivity index (χ3n) is 4.16. The quantitative estimate of drug-likeness (QED) is 0.672. The Labute approximate surface area is 154 Å². The first-order valence-corrected chi connectivity index (χ1v) is 8.92. The summed E-state index contributed by atoms with van der Waals surface area (Å²) in [6.45, 7) is 3.08. The zero-order valence-electron chi connectivity index (χ0n) is 14.9. The topological polar surface area (TPSA) is 38.3 Å². The third kappa shape index (κ3) is 4.51. The first-order valence-electron chi connectivity index (χ1n) is 8.92. The van der Waals surface area contributed by atoms with Gasteiger partial charge in [-0.15, -0.1) is 0 Å². The maximum Gasteiger partial charge on any atom is 0.252 e. The van der Waals surface area contributed by atoms with Gasteiger partial charge in [0.2, 0.25) is 0 Å². The van der Waals surface area contributed by atoms with Crippen LogP contribution in [-0.4, -0.2) is 19.1 Å². The predicted molar refractivity (Wildman–Crippen MR) is 106 cm³/mol. The van der Waals surface area contributed by atoms with Gasteiger partial charge in [0.1, 0.15) is 5.75 Å². The molecule has 3 rings (SSSR count). The first-order chi connectivity index (χ1) is 12.8. The molecule has 0 aliphatic rings. The second-order valence-corrected chi connectivity index (χ2v) is 6.02. The number of hydrogen-bond donors (Lipinski definition) is 1. The molecule has 0 aliphatic heterocycles. The summed E-state index contributed by atoms with van der Waals surface area (Å²) in [5.41, 5.74) is 3.80. The number of carbonyl (C=O) groups is 1. The summed E-state index contributed by atoms with van der Waals surface area (Å²) in [5.74, 6) is 0.627. The van der Waals surface area contributed by atoms with Crippen molar-refractivity contribution in [3.63, 3.8) is 0 Å². The van der Waals surface area contributed by atoms with Crippen molar-refractivity contribution < 1.29 is 9.53 Å². The second kappa shape index (κ2) is 8.86. The van der Waals surface area contributed by atoms with Crippen molar-refractivity contribution in [2.45, 2.75) is 13.3 Å². The maximum atomic E-state index is 12.5. The van der Waals surface area contributed by atoms with Gasteiger partial charge < -0.3 is 10.1 Å². The Kier molecular flexibility index (Phi) is 6.05. The molecule has 26 heavy (non-hydrogen) atoms. The van der Waals surface area contributed by atoms with Gasteiger partial charge in [0, 0.05) is 13.0 Å². The summed E-state index contributed by atoms with van der Waals surface area (Å²) in [6.07, 6.45) is 0.831. The normalized spacial score (nSPS) is 10.3. The molecular formula is C23H23NO2. The molecule has 0 atom stereocenters. The van der Waals surface area contributed by atoms with Crippen LogP contribution in [0.25, 0.3) is 11.1 Å². The molecule has 3 aromatic carbocycles. The third-order valence-corrected chi connectivity index (χ3v) is 4.16. The Morgan fingerprint density at radius 2 is 1.62 bits per heavy atom. The molecule has 1 N–H and O–H groups in total. The van der Waals surface area contributed by atoms with Crippen molar-refractivity contribution in [1.29, 1.82) is 0 Å². The molecular weight excluding hydrogens is 322 g/mol. The molecule has 0 saturated heterocycles. The van der Waals surface area contributed by atoms with E-state index < -0.39 is 0 Å². The van der Waals surface area contributed by atoms with Crippen LogP contribution in [0, 0.1) is 0 Å². The molecule has 0 fully saturated rings. The minimum atomic E-state index is -0.0835. The van der Waals surface area contributed by atoms with Crippen molar-refractivity contribution in [1.82, 2.24) is 5.32 Å². The number of nitrogens with one attached hydrogen (secondary N) is 1. The van der Waals surface area contributed by atoms with Crippen LogP contribution in [0.3, 0.4) is 0 Å². The fourth-order valence-corrected chi connectivity index (χ4v) is 2.86. The van der Waals surface area contributed by atoms with E-state index in [4.69, 9.17) is 4.74 Å². The lowest BCUT2D eigenvalue weighted by Crippen LogP contribution is -2.23. The number of ether oxygens (including phenoxy) is 1. The van der Waals surface area contributed by atoms with Crippen LogP contribution in [0.4, 0.5) is 0 Å². The highest BCUT2D eigenvalue weighted by atomic mass is 16.5. The molecule has 3 nitrogen and oxygen atoms in total. The van der Waals surface area contributed by atoms with E-state index in [1.165, 1.54) is 5.56 Å². The SMILES string of the molecule is CCNC(=O)c1cc(OCCc2ccccc2)ccc1-c1ccccc1. The van der Waals surface area contributed by atoms with Gasteiger partial charge in [-0.05, 0) is 41.8 Å². The highest BCUT2D eigenvalue weighted by Crippen LogP contribution is 2.27. The smallest absolute Gasteiger partial charge is 0.252 e. The van der Waals surface area contributed by atoms with Crippen molar-refractivity contribution in [3.05, 3.63) is 90.0 Å². The van der Waals surface area contributed by atoms with E-state index in [0.717, 1.165) is 17.5 Å². The first kappa shape index (κ1) is 17.7. The molecule has 0 saturated carbocycles. The Morgan fingerprint density at radius 3 is 2.31 bits per heavy atom. The van der Waals surface area contributed by atoms with Gasteiger partial charge in [0.15, 0.2) is 0 Å².